The Labute approximate surface area is 282 Å². The fourth-order valence-corrected chi connectivity index (χ4v) is 8.19. The number of thiophene rings is 2. The molecule has 0 aliphatic heterocycles. The number of halogens is 1. The van der Waals surface area contributed by atoms with Gasteiger partial charge in [0.1, 0.15) is 0 Å². The summed E-state index contributed by atoms with van der Waals surface area (Å²) in [6, 6.07) is 43.5. The lowest BCUT2D eigenvalue weighted by molar-refractivity contribution is 0.111. The molecule has 0 radical (unpaired) electrons. The highest BCUT2D eigenvalue weighted by Gasteiger charge is 2.17. The smallest absolute Gasteiger partial charge is 0.423 e. The van der Waals surface area contributed by atoms with Crippen LogP contribution in [0.2, 0.25) is 0 Å². The van der Waals surface area contributed by atoms with E-state index in [0.29, 0.717) is 11.0 Å². The first-order chi connectivity index (χ1) is 22.5. The lowest BCUT2D eigenvalue weighted by Crippen LogP contribution is -2.29. The van der Waals surface area contributed by atoms with E-state index in [2.05, 4.69) is 64.5 Å². The largest absolute Gasteiger partial charge is 0.489 e. The minimum atomic E-state index is -1.41. The second kappa shape index (κ2) is 14.3. The summed E-state index contributed by atoms with van der Waals surface area (Å²) in [5.74, 6) is 0. The van der Waals surface area contributed by atoms with Gasteiger partial charge >= 0.3 is 7.12 Å². The number of rotatable bonds is 4. The molecule has 6 aromatic carbocycles. The van der Waals surface area contributed by atoms with Gasteiger partial charge in [0.05, 0.1) is 0 Å². The quantitative estimate of drug-likeness (QED) is 0.142. The minimum Gasteiger partial charge on any atom is -0.423 e. The van der Waals surface area contributed by atoms with Gasteiger partial charge in [0, 0.05) is 56.1 Å². The Hall–Kier alpha value is -4.44. The van der Waals surface area contributed by atoms with Crippen molar-refractivity contribution in [2.45, 2.75) is 0 Å². The van der Waals surface area contributed by atoms with Gasteiger partial charge in [0.25, 0.3) is 0 Å². The van der Waals surface area contributed by atoms with Crippen molar-refractivity contribution in [1.29, 1.82) is 0 Å². The van der Waals surface area contributed by atoms with Gasteiger partial charge in [-0.25, -0.2) is 0 Å². The average Bonchev–Trinajstić information content (AvgIpc) is 3.68. The summed E-state index contributed by atoms with van der Waals surface area (Å²) in [5, 5.41) is 23.4. The summed E-state index contributed by atoms with van der Waals surface area (Å²) in [4.78, 5) is 21.5. The van der Waals surface area contributed by atoms with E-state index in [1.807, 2.05) is 72.8 Å². The maximum atomic E-state index is 11.3. The third-order valence-electron chi connectivity index (χ3n) is 7.53. The zero-order valence-electron chi connectivity index (χ0n) is 24.3. The van der Waals surface area contributed by atoms with E-state index in [4.69, 9.17) is 0 Å². The highest BCUT2D eigenvalue weighted by Crippen LogP contribution is 2.40. The number of hydrogen-bond donors (Lipinski definition) is 2. The molecule has 2 aromatic heterocycles. The van der Waals surface area contributed by atoms with Crippen LogP contribution in [0.4, 0.5) is 0 Å². The number of hydrogen-bond acceptors (Lipinski definition) is 6. The van der Waals surface area contributed by atoms with Gasteiger partial charge in [-0.2, -0.15) is 0 Å². The van der Waals surface area contributed by atoms with Crippen LogP contribution in [0.25, 0.3) is 51.5 Å². The molecule has 8 rings (SSSR count). The zero-order valence-corrected chi connectivity index (χ0v) is 27.6. The first-order valence-electron chi connectivity index (χ1n) is 14.4. The van der Waals surface area contributed by atoms with Crippen molar-refractivity contribution in [3.05, 3.63) is 149 Å². The second-order valence-electron chi connectivity index (χ2n) is 10.3. The standard InChI is InChI=1S/C19H12OS.C12H9BO2S.C7H5BrO/c20-12-13-6-1-2-7-14(13)16-9-5-10-17-15-8-3-4-11-18(15)21-19(16)17;14-13(15)10-6-3-5-9-8-4-1-2-7-11(8)16-12(9)10;8-7-4-2-1-3-6(7)5-9/h1-12H;1-7,14-15H;1-5H. The predicted molar refractivity (Wildman–Crippen MR) is 199 cm³/mol. The zero-order chi connectivity index (χ0) is 32.0. The molecule has 0 fully saturated rings. The van der Waals surface area contributed by atoms with Crippen LogP contribution in [0.1, 0.15) is 20.7 Å². The van der Waals surface area contributed by atoms with Crippen molar-refractivity contribution >= 4 is 104 Å². The van der Waals surface area contributed by atoms with Crippen molar-refractivity contribution < 1.29 is 19.6 Å². The van der Waals surface area contributed by atoms with Gasteiger partial charge in [-0.3, -0.25) is 9.59 Å². The molecule has 2 heterocycles. The Bertz CT molecular complexity index is 2330. The minimum absolute atomic E-state index is 0.582. The van der Waals surface area contributed by atoms with Crippen molar-refractivity contribution in [3.63, 3.8) is 0 Å². The SMILES string of the molecule is O=Cc1ccccc1-c1cccc2c1sc1ccccc12.O=Cc1ccccc1Br.OB(O)c1cccc2c1sc1ccccc12. The number of carbonyl (C=O) groups excluding carboxylic acids is 2. The highest BCUT2D eigenvalue weighted by atomic mass is 79.9. The first-order valence-corrected chi connectivity index (χ1v) is 16.8. The third kappa shape index (κ3) is 6.44. The number of carbonyl (C=O) groups is 2. The van der Waals surface area contributed by atoms with E-state index < -0.39 is 7.12 Å². The molecular formula is C38H26BBrO4S2. The predicted octanol–water partition coefficient (Wildman–Crippen LogP) is 9.53. The van der Waals surface area contributed by atoms with Crippen LogP contribution in [0.3, 0.4) is 0 Å². The maximum Gasteiger partial charge on any atom is 0.489 e. The second-order valence-corrected chi connectivity index (χ2v) is 13.3. The van der Waals surface area contributed by atoms with Crippen LogP contribution >= 0.6 is 38.6 Å². The Morgan fingerprint density at radius 1 is 0.500 bits per heavy atom. The molecule has 0 atom stereocenters. The van der Waals surface area contributed by atoms with Crippen LogP contribution in [0.15, 0.2) is 138 Å². The molecule has 0 unspecified atom stereocenters. The van der Waals surface area contributed by atoms with E-state index in [1.54, 1.807) is 34.8 Å². The fourth-order valence-electron chi connectivity index (χ4n) is 5.35. The molecule has 0 saturated heterocycles. The summed E-state index contributed by atoms with van der Waals surface area (Å²) < 4.78 is 5.50. The molecule has 4 nitrogen and oxygen atoms in total. The molecule has 224 valence electrons. The van der Waals surface area contributed by atoms with Gasteiger partial charge in [-0.15, -0.1) is 22.7 Å². The first kappa shape index (κ1) is 31.5. The van der Waals surface area contributed by atoms with Crippen molar-refractivity contribution in [2.24, 2.45) is 0 Å². The van der Waals surface area contributed by atoms with Crippen molar-refractivity contribution in [2.75, 3.05) is 0 Å². The molecule has 8 aromatic rings. The maximum absolute atomic E-state index is 11.3. The van der Waals surface area contributed by atoms with E-state index in [0.717, 1.165) is 43.8 Å². The van der Waals surface area contributed by atoms with Crippen LogP contribution in [0.5, 0.6) is 0 Å². The Kier molecular flexibility index (Phi) is 9.83. The monoisotopic (exact) mass is 700 g/mol. The van der Waals surface area contributed by atoms with Crippen LogP contribution in [0, 0.1) is 0 Å². The highest BCUT2D eigenvalue weighted by molar-refractivity contribution is 9.10. The summed E-state index contributed by atoms with van der Waals surface area (Å²) in [5.41, 5.74) is 4.15. The molecule has 0 amide bonds. The normalized spacial score (nSPS) is 10.7. The number of fused-ring (bicyclic) bond motifs is 6. The lowest BCUT2D eigenvalue weighted by Gasteiger charge is -2.06. The van der Waals surface area contributed by atoms with E-state index in [-0.39, 0.29) is 0 Å². The summed E-state index contributed by atoms with van der Waals surface area (Å²) in [7, 11) is -1.41. The van der Waals surface area contributed by atoms with Crippen molar-refractivity contribution in [3.8, 4) is 11.1 Å². The van der Waals surface area contributed by atoms with Crippen LogP contribution in [-0.4, -0.2) is 29.7 Å². The van der Waals surface area contributed by atoms with Gasteiger partial charge < -0.3 is 10.0 Å². The van der Waals surface area contributed by atoms with Gasteiger partial charge in [-0.1, -0.05) is 131 Å². The molecule has 0 spiro atoms. The average molecular weight is 701 g/mol. The molecule has 0 aliphatic rings. The summed E-state index contributed by atoms with van der Waals surface area (Å²) in [6.45, 7) is 0. The molecule has 46 heavy (non-hydrogen) atoms. The van der Waals surface area contributed by atoms with Crippen molar-refractivity contribution in [1.82, 2.24) is 0 Å². The Morgan fingerprint density at radius 2 is 0.978 bits per heavy atom. The van der Waals surface area contributed by atoms with E-state index >= 15 is 0 Å². The van der Waals surface area contributed by atoms with Crippen LogP contribution < -0.4 is 5.46 Å². The molecule has 2 N–H and O–H groups in total. The van der Waals surface area contributed by atoms with Crippen LogP contribution in [-0.2, 0) is 0 Å². The van der Waals surface area contributed by atoms with Gasteiger partial charge in [0.2, 0.25) is 0 Å². The number of benzene rings is 6. The molecule has 0 saturated carbocycles. The fraction of sp³-hybridized carbons (Fsp3) is 0. The van der Waals surface area contributed by atoms with E-state index in [9.17, 15) is 19.6 Å². The molecular weight excluding hydrogens is 675 g/mol. The summed E-state index contributed by atoms with van der Waals surface area (Å²) in [6.07, 6.45) is 1.76. The third-order valence-corrected chi connectivity index (χ3v) is 10.7. The molecule has 8 heteroatoms. The van der Waals surface area contributed by atoms with Gasteiger partial charge in [-0.05, 0) is 34.6 Å². The lowest BCUT2D eigenvalue weighted by atomic mass is 9.80. The number of aldehydes is 2. The van der Waals surface area contributed by atoms with E-state index in [1.165, 1.54) is 30.3 Å². The molecule has 0 bridgehead atoms. The summed E-state index contributed by atoms with van der Waals surface area (Å²) >= 11 is 6.61. The molecule has 0 aliphatic carbocycles. The Balaban J connectivity index is 0.000000131. The van der Waals surface area contributed by atoms with Gasteiger partial charge in [0.15, 0.2) is 12.6 Å². The topological polar surface area (TPSA) is 74.6 Å². The Morgan fingerprint density at radius 3 is 1.59 bits per heavy atom.